The topological polar surface area (TPSA) is 72.2 Å². The molecule has 0 aliphatic carbocycles. The summed E-state index contributed by atoms with van der Waals surface area (Å²) in [7, 11) is 0. The summed E-state index contributed by atoms with van der Waals surface area (Å²) in [4.78, 5) is 24.8. The molecule has 23 heavy (non-hydrogen) atoms. The lowest BCUT2D eigenvalue weighted by atomic mass is 10.2. The van der Waals surface area contributed by atoms with Crippen molar-refractivity contribution in [2.24, 2.45) is 0 Å². The summed E-state index contributed by atoms with van der Waals surface area (Å²) in [6.07, 6.45) is -3.59. The molecule has 1 heterocycles. The summed E-state index contributed by atoms with van der Waals surface area (Å²) in [5.74, 6) is -2.13. The molecule has 1 N–H and O–H groups in total. The molecular formula is C14H12ClF3N2O3. The molecule has 1 aromatic carbocycles. The molecule has 0 aliphatic rings. The van der Waals surface area contributed by atoms with Gasteiger partial charge in [-0.15, -0.1) is 0 Å². The summed E-state index contributed by atoms with van der Waals surface area (Å²) in [5.41, 5.74) is 1.49. The Kier molecular flexibility index (Phi) is 5.91. The number of carboxylic acid groups (broad SMARTS) is 1. The Morgan fingerprint density at radius 1 is 1.26 bits per heavy atom. The number of rotatable bonds is 1. The van der Waals surface area contributed by atoms with E-state index in [-0.39, 0.29) is 5.56 Å². The fraction of sp³-hybridized carbons (Fsp3) is 0.214. The van der Waals surface area contributed by atoms with Crippen molar-refractivity contribution in [1.29, 1.82) is 0 Å². The smallest absolute Gasteiger partial charge is 0.475 e. The summed E-state index contributed by atoms with van der Waals surface area (Å²) in [5, 5.41) is 7.71. The molecule has 1 aromatic heterocycles. The second-order valence-electron chi connectivity index (χ2n) is 4.38. The van der Waals surface area contributed by atoms with E-state index in [0.717, 1.165) is 5.56 Å². The highest BCUT2D eigenvalue weighted by molar-refractivity contribution is 6.33. The van der Waals surface area contributed by atoms with Crippen LogP contribution in [-0.4, -0.2) is 26.8 Å². The normalized spacial score (nSPS) is 10.7. The fourth-order valence-corrected chi connectivity index (χ4v) is 1.81. The van der Waals surface area contributed by atoms with Gasteiger partial charge in [0.05, 0.1) is 10.7 Å². The molecule has 0 spiro atoms. The zero-order valence-electron chi connectivity index (χ0n) is 12.1. The molecule has 0 amide bonds. The van der Waals surface area contributed by atoms with Gasteiger partial charge in [0.1, 0.15) is 5.82 Å². The Bertz CT molecular complexity index is 773. The number of hydrogen-bond donors (Lipinski definition) is 1. The van der Waals surface area contributed by atoms with Crippen molar-refractivity contribution >= 4 is 17.6 Å². The van der Waals surface area contributed by atoms with Crippen LogP contribution in [0, 0.1) is 13.8 Å². The molecule has 0 aliphatic heterocycles. The first-order chi connectivity index (χ1) is 10.6. The zero-order valence-corrected chi connectivity index (χ0v) is 12.8. The number of aromatic nitrogens is 2. The van der Waals surface area contributed by atoms with Gasteiger partial charge in [0.2, 0.25) is 0 Å². The van der Waals surface area contributed by atoms with Crippen LogP contribution in [0.4, 0.5) is 13.2 Å². The zero-order chi connectivity index (χ0) is 17.8. The minimum absolute atomic E-state index is 0.125. The SMILES string of the molecule is Cc1cccc(-n2c(C)nccc2=O)c1Cl.O=C(O)C(F)(F)F. The van der Waals surface area contributed by atoms with Crippen LogP contribution in [0.3, 0.4) is 0 Å². The quantitative estimate of drug-likeness (QED) is 0.859. The molecule has 0 bridgehead atoms. The molecule has 2 aromatic rings. The van der Waals surface area contributed by atoms with Crippen molar-refractivity contribution in [1.82, 2.24) is 9.55 Å². The summed E-state index contributed by atoms with van der Waals surface area (Å²) >= 11 is 6.18. The fourth-order valence-electron chi connectivity index (χ4n) is 1.60. The van der Waals surface area contributed by atoms with Gasteiger partial charge in [-0.1, -0.05) is 23.7 Å². The summed E-state index contributed by atoms with van der Waals surface area (Å²) in [6, 6.07) is 7.01. The third kappa shape index (κ3) is 4.82. The second kappa shape index (κ2) is 7.28. The molecule has 9 heteroatoms. The van der Waals surface area contributed by atoms with Crippen LogP contribution >= 0.6 is 11.6 Å². The van der Waals surface area contributed by atoms with E-state index in [1.165, 1.54) is 16.8 Å². The number of aryl methyl sites for hydroxylation is 2. The Morgan fingerprint density at radius 2 is 1.83 bits per heavy atom. The van der Waals surface area contributed by atoms with Crippen LogP contribution in [0.15, 0.2) is 35.3 Å². The van der Waals surface area contributed by atoms with Crippen molar-refractivity contribution in [3.05, 3.63) is 57.2 Å². The van der Waals surface area contributed by atoms with Gasteiger partial charge in [-0.25, -0.2) is 9.78 Å². The summed E-state index contributed by atoms with van der Waals surface area (Å²) < 4.78 is 33.2. The number of carbonyl (C=O) groups is 1. The molecule has 0 unspecified atom stereocenters. The predicted molar refractivity (Wildman–Crippen MR) is 78.0 cm³/mol. The maximum Gasteiger partial charge on any atom is 0.490 e. The maximum atomic E-state index is 11.8. The lowest BCUT2D eigenvalue weighted by molar-refractivity contribution is -0.192. The molecule has 5 nitrogen and oxygen atoms in total. The Hall–Kier alpha value is -2.35. The predicted octanol–water partition coefficient (Wildman–Crippen LogP) is 3.14. The number of benzene rings is 1. The van der Waals surface area contributed by atoms with Crippen LogP contribution < -0.4 is 5.56 Å². The molecule has 124 valence electrons. The van der Waals surface area contributed by atoms with Crippen molar-refractivity contribution in [3.8, 4) is 5.69 Å². The molecule has 0 radical (unpaired) electrons. The Balaban J connectivity index is 0.000000322. The van der Waals surface area contributed by atoms with Gasteiger partial charge in [-0.3, -0.25) is 9.36 Å². The van der Waals surface area contributed by atoms with Gasteiger partial charge in [-0.2, -0.15) is 13.2 Å². The number of aliphatic carboxylic acids is 1. The minimum Gasteiger partial charge on any atom is -0.475 e. The lowest BCUT2D eigenvalue weighted by Gasteiger charge is -2.11. The van der Waals surface area contributed by atoms with Crippen LogP contribution in [-0.2, 0) is 4.79 Å². The van der Waals surface area contributed by atoms with E-state index < -0.39 is 12.1 Å². The van der Waals surface area contributed by atoms with Gasteiger partial charge in [0.15, 0.2) is 0 Å². The van der Waals surface area contributed by atoms with E-state index >= 15 is 0 Å². The van der Waals surface area contributed by atoms with Crippen LogP contribution in [0.1, 0.15) is 11.4 Å². The standard InChI is InChI=1S/C12H11ClN2O.C2HF3O2/c1-8-4-3-5-10(12(8)13)15-9(2)14-7-6-11(15)16;3-2(4,5)1(6)7/h3-7H,1-2H3;(H,6,7). The van der Waals surface area contributed by atoms with E-state index in [9.17, 15) is 18.0 Å². The highest BCUT2D eigenvalue weighted by Gasteiger charge is 2.38. The average molecular weight is 349 g/mol. The van der Waals surface area contributed by atoms with Gasteiger partial charge in [0.25, 0.3) is 5.56 Å². The number of nitrogens with zero attached hydrogens (tertiary/aromatic N) is 2. The number of hydrogen-bond acceptors (Lipinski definition) is 3. The molecule has 0 atom stereocenters. The number of alkyl halides is 3. The average Bonchev–Trinajstić information content (AvgIpc) is 2.43. The minimum atomic E-state index is -5.08. The maximum absolute atomic E-state index is 11.8. The van der Waals surface area contributed by atoms with E-state index in [2.05, 4.69) is 4.98 Å². The molecule has 0 saturated heterocycles. The number of carboxylic acids is 1. The van der Waals surface area contributed by atoms with Crippen molar-refractivity contribution < 1.29 is 23.1 Å². The van der Waals surface area contributed by atoms with Crippen molar-refractivity contribution in [2.75, 3.05) is 0 Å². The lowest BCUT2D eigenvalue weighted by Crippen LogP contribution is -2.21. The third-order valence-corrected chi connectivity index (χ3v) is 3.17. The van der Waals surface area contributed by atoms with Gasteiger partial charge in [0, 0.05) is 12.3 Å². The second-order valence-corrected chi connectivity index (χ2v) is 4.75. The molecular weight excluding hydrogens is 337 g/mol. The van der Waals surface area contributed by atoms with Crippen molar-refractivity contribution in [2.45, 2.75) is 20.0 Å². The summed E-state index contributed by atoms with van der Waals surface area (Å²) in [6.45, 7) is 3.68. The Morgan fingerprint density at radius 3 is 2.30 bits per heavy atom. The largest absolute Gasteiger partial charge is 0.490 e. The highest BCUT2D eigenvalue weighted by atomic mass is 35.5. The van der Waals surface area contributed by atoms with Crippen molar-refractivity contribution in [3.63, 3.8) is 0 Å². The Labute approximate surface area is 134 Å². The monoisotopic (exact) mass is 348 g/mol. The number of halogens is 4. The van der Waals surface area contributed by atoms with Crippen LogP contribution in [0.5, 0.6) is 0 Å². The first-order valence-electron chi connectivity index (χ1n) is 6.16. The molecule has 0 saturated carbocycles. The molecule has 2 rings (SSSR count). The highest BCUT2D eigenvalue weighted by Crippen LogP contribution is 2.23. The van der Waals surface area contributed by atoms with E-state index in [1.807, 2.05) is 25.1 Å². The van der Waals surface area contributed by atoms with E-state index in [1.54, 1.807) is 6.92 Å². The van der Waals surface area contributed by atoms with Gasteiger partial charge < -0.3 is 5.11 Å². The van der Waals surface area contributed by atoms with E-state index in [0.29, 0.717) is 16.5 Å². The van der Waals surface area contributed by atoms with Crippen LogP contribution in [0.2, 0.25) is 5.02 Å². The first-order valence-corrected chi connectivity index (χ1v) is 6.53. The molecule has 0 fully saturated rings. The first kappa shape index (κ1) is 18.7. The van der Waals surface area contributed by atoms with Gasteiger partial charge in [-0.05, 0) is 25.5 Å². The van der Waals surface area contributed by atoms with E-state index in [4.69, 9.17) is 21.5 Å². The van der Waals surface area contributed by atoms with Gasteiger partial charge >= 0.3 is 12.1 Å². The third-order valence-electron chi connectivity index (χ3n) is 2.68. The van der Waals surface area contributed by atoms with Crippen LogP contribution in [0.25, 0.3) is 5.69 Å².